The molecule has 8 nitrogen and oxygen atoms in total. The standard InChI is InChI=1S/C25H44N6.C6H10O2.C3H8/c1-21(2)19-31(20-22(3)4)14-8-13-30-17-15-29(16-18-30)12-7-11-26-25-27-23-9-5-6-10-24(23)28-25;1-5(2)3-4-6(7)8;1-3-2/h5-6,9-10,21-22H,7-8,11-20H2,1-4H3,(H2,26,27,28);1,3-4H2,2H3,(H,7,8);3H2,1-2H3. The van der Waals surface area contributed by atoms with Crippen molar-refractivity contribution in [3.05, 3.63) is 36.4 Å². The minimum absolute atomic E-state index is 0.204. The number of nitrogens with one attached hydrogen (secondary N) is 2. The topological polar surface area (TPSA) is 87.7 Å². The van der Waals surface area contributed by atoms with Crippen LogP contribution < -0.4 is 5.32 Å². The van der Waals surface area contributed by atoms with Gasteiger partial charge in [-0.25, -0.2) is 4.98 Å². The fourth-order valence-corrected chi connectivity index (χ4v) is 4.91. The second kappa shape index (κ2) is 22.2. The van der Waals surface area contributed by atoms with E-state index in [2.05, 4.69) is 84.2 Å². The first-order valence-corrected chi connectivity index (χ1v) is 16.3. The molecule has 0 amide bonds. The van der Waals surface area contributed by atoms with Gasteiger partial charge in [0.25, 0.3) is 0 Å². The number of imidazole rings is 1. The molecule has 0 aliphatic carbocycles. The number of aromatic nitrogens is 2. The highest BCUT2D eigenvalue weighted by molar-refractivity contribution is 5.77. The molecule has 1 aromatic carbocycles. The van der Waals surface area contributed by atoms with E-state index in [9.17, 15) is 4.79 Å². The van der Waals surface area contributed by atoms with Crippen LogP contribution in [0.3, 0.4) is 0 Å². The Labute approximate surface area is 256 Å². The number of carbonyl (C=O) groups is 1. The van der Waals surface area contributed by atoms with E-state index in [4.69, 9.17) is 5.11 Å². The Morgan fingerprint density at radius 2 is 1.55 bits per heavy atom. The fraction of sp³-hybridized carbons (Fsp3) is 0.706. The van der Waals surface area contributed by atoms with Crippen molar-refractivity contribution in [1.82, 2.24) is 24.7 Å². The van der Waals surface area contributed by atoms with Crippen molar-refractivity contribution in [3.8, 4) is 0 Å². The SMILES string of the molecule is C=C(C)CCC(=O)O.CC(C)CN(CCCN1CCN(CCCNc2nc3ccccc3[nH]2)CC1)CC(C)C.CCC. The fourth-order valence-electron chi connectivity index (χ4n) is 4.91. The predicted molar refractivity (Wildman–Crippen MR) is 180 cm³/mol. The van der Waals surface area contributed by atoms with E-state index >= 15 is 0 Å². The lowest BCUT2D eigenvalue weighted by Gasteiger charge is -2.35. The maximum absolute atomic E-state index is 9.86. The monoisotopic (exact) mass is 586 g/mol. The van der Waals surface area contributed by atoms with E-state index in [1.807, 2.05) is 25.1 Å². The third-order valence-corrected chi connectivity index (χ3v) is 6.76. The molecule has 1 aliphatic heterocycles. The third-order valence-electron chi connectivity index (χ3n) is 6.76. The summed E-state index contributed by atoms with van der Waals surface area (Å²) in [4.78, 5) is 25.7. The average molecular weight is 587 g/mol. The van der Waals surface area contributed by atoms with Crippen molar-refractivity contribution in [3.63, 3.8) is 0 Å². The molecule has 42 heavy (non-hydrogen) atoms. The molecule has 1 saturated heterocycles. The number of carboxylic acid groups (broad SMARTS) is 1. The van der Waals surface area contributed by atoms with Crippen LogP contribution in [-0.2, 0) is 4.79 Å². The van der Waals surface area contributed by atoms with Gasteiger partial charge < -0.3 is 30.1 Å². The zero-order chi connectivity index (χ0) is 31.3. The molecule has 1 fully saturated rings. The van der Waals surface area contributed by atoms with Gasteiger partial charge in [-0.3, -0.25) is 4.79 Å². The number of benzene rings is 1. The quantitative estimate of drug-likeness (QED) is 0.147. The van der Waals surface area contributed by atoms with Crippen LogP contribution in [0.1, 0.15) is 80.6 Å². The van der Waals surface area contributed by atoms with Crippen molar-refractivity contribution >= 4 is 23.0 Å². The number of aliphatic carboxylic acids is 1. The zero-order valence-corrected chi connectivity index (χ0v) is 27.9. The van der Waals surface area contributed by atoms with Gasteiger partial charge >= 0.3 is 5.97 Å². The van der Waals surface area contributed by atoms with Gasteiger partial charge in [0, 0.05) is 52.2 Å². The number of anilines is 1. The number of H-pyrrole nitrogens is 1. The number of hydrogen-bond acceptors (Lipinski definition) is 6. The van der Waals surface area contributed by atoms with Crippen molar-refractivity contribution in [2.45, 2.75) is 80.6 Å². The molecule has 1 aromatic heterocycles. The molecule has 3 N–H and O–H groups in total. The predicted octanol–water partition coefficient (Wildman–Crippen LogP) is 6.83. The maximum atomic E-state index is 9.86. The number of piperazine rings is 1. The largest absolute Gasteiger partial charge is 0.481 e. The van der Waals surface area contributed by atoms with Crippen molar-refractivity contribution in [1.29, 1.82) is 0 Å². The highest BCUT2D eigenvalue weighted by Gasteiger charge is 2.17. The van der Waals surface area contributed by atoms with Crippen LogP contribution in [0.5, 0.6) is 0 Å². The first-order chi connectivity index (χ1) is 20.0. The molecule has 0 bridgehead atoms. The molecular formula is C34H62N6O2. The Hall–Kier alpha value is -2.42. The van der Waals surface area contributed by atoms with Crippen LogP contribution in [0.2, 0.25) is 0 Å². The Morgan fingerprint density at radius 3 is 2.02 bits per heavy atom. The van der Waals surface area contributed by atoms with Gasteiger partial charge in [0.1, 0.15) is 0 Å². The van der Waals surface area contributed by atoms with Gasteiger partial charge in [-0.2, -0.15) is 0 Å². The smallest absolute Gasteiger partial charge is 0.303 e. The molecule has 8 heteroatoms. The minimum Gasteiger partial charge on any atom is -0.481 e. The van der Waals surface area contributed by atoms with E-state index in [1.54, 1.807) is 0 Å². The molecule has 3 rings (SSSR count). The Kier molecular flexibility index (Phi) is 19.8. The number of para-hydroxylation sites is 2. The molecule has 2 aromatic rings. The Morgan fingerprint density at radius 1 is 1.00 bits per heavy atom. The van der Waals surface area contributed by atoms with Crippen LogP contribution in [0, 0.1) is 11.8 Å². The summed E-state index contributed by atoms with van der Waals surface area (Å²) < 4.78 is 0. The molecule has 0 unspecified atom stereocenters. The molecule has 1 aliphatic rings. The molecule has 0 saturated carbocycles. The van der Waals surface area contributed by atoms with Gasteiger partial charge in [-0.15, -0.1) is 6.58 Å². The second-order valence-electron chi connectivity index (χ2n) is 12.5. The van der Waals surface area contributed by atoms with Crippen LogP contribution >= 0.6 is 0 Å². The van der Waals surface area contributed by atoms with Crippen LogP contribution in [0.4, 0.5) is 5.95 Å². The number of rotatable bonds is 16. The van der Waals surface area contributed by atoms with Crippen LogP contribution in [0.15, 0.2) is 36.4 Å². The van der Waals surface area contributed by atoms with E-state index < -0.39 is 5.97 Å². The van der Waals surface area contributed by atoms with Crippen LogP contribution in [-0.4, -0.2) is 101 Å². The van der Waals surface area contributed by atoms with E-state index in [0.717, 1.165) is 53.9 Å². The average Bonchev–Trinajstić information content (AvgIpc) is 3.34. The van der Waals surface area contributed by atoms with Crippen molar-refractivity contribution < 1.29 is 9.90 Å². The molecule has 240 valence electrons. The normalized spacial score (nSPS) is 14.0. The number of fused-ring (bicyclic) bond motifs is 1. The summed E-state index contributed by atoms with van der Waals surface area (Å²) in [6, 6.07) is 8.18. The maximum Gasteiger partial charge on any atom is 0.303 e. The van der Waals surface area contributed by atoms with Gasteiger partial charge in [-0.1, -0.05) is 65.7 Å². The zero-order valence-electron chi connectivity index (χ0n) is 27.9. The molecule has 0 radical (unpaired) electrons. The first-order valence-electron chi connectivity index (χ1n) is 16.3. The number of allylic oxidation sites excluding steroid dienone is 1. The first kappa shape index (κ1) is 37.6. The molecular weight excluding hydrogens is 524 g/mol. The number of aromatic amines is 1. The van der Waals surface area contributed by atoms with Gasteiger partial charge in [0.2, 0.25) is 5.95 Å². The third kappa shape index (κ3) is 18.2. The lowest BCUT2D eigenvalue weighted by atomic mass is 10.1. The molecule has 0 atom stereocenters. The summed E-state index contributed by atoms with van der Waals surface area (Å²) in [5, 5.41) is 11.6. The summed E-state index contributed by atoms with van der Waals surface area (Å²) in [6.07, 6.45) is 4.49. The summed E-state index contributed by atoms with van der Waals surface area (Å²) in [6.45, 7) is 30.9. The van der Waals surface area contributed by atoms with Gasteiger partial charge in [0.05, 0.1) is 11.0 Å². The summed E-state index contributed by atoms with van der Waals surface area (Å²) in [7, 11) is 0. The summed E-state index contributed by atoms with van der Waals surface area (Å²) in [5.74, 6) is 1.63. The highest BCUT2D eigenvalue weighted by atomic mass is 16.4. The number of hydrogen-bond donors (Lipinski definition) is 3. The Balaban J connectivity index is 0.000000684. The Bertz CT molecular complexity index is 924. The molecule has 0 spiro atoms. The number of carboxylic acids is 1. The van der Waals surface area contributed by atoms with Gasteiger partial charge in [-0.05, 0) is 69.8 Å². The summed E-state index contributed by atoms with van der Waals surface area (Å²) >= 11 is 0. The van der Waals surface area contributed by atoms with E-state index in [-0.39, 0.29) is 6.42 Å². The summed E-state index contributed by atoms with van der Waals surface area (Å²) in [5.41, 5.74) is 3.04. The lowest BCUT2D eigenvalue weighted by Crippen LogP contribution is -2.47. The number of nitrogens with zero attached hydrogens (tertiary/aromatic N) is 4. The lowest BCUT2D eigenvalue weighted by molar-refractivity contribution is -0.136. The van der Waals surface area contributed by atoms with Gasteiger partial charge in [0.15, 0.2) is 0 Å². The van der Waals surface area contributed by atoms with Crippen molar-refractivity contribution in [2.24, 2.45) is 11.8 Å². The minimum atomic E-state index is -0.756. The van der Waals surface area contributed by atoms with Crippen molar-refractivity contribution in [2.75, 3.05) is 70.8 Å². The second-order valence-corrected chi connectivity index (χ2v) is 12.5. The van der Waals surface area contributed by atoms with Crippen LogP contribution in [0.25, 0.3) is 11.0 Å². The highest BCUT2D eigenvalue weighted by Crippen LogP contribution is 2.13. The van der Waals surface area contributed by atoms with E-state index in [0.29, 0.717) is 6.42 Å². The molecule has 2 heterocycles. The van der Waals surface area contributed by atoms with E-state index in [1.165, 1.54) is 65.2 Å².